The summed E-state index contributed by atoms with van der Waals surface area (Å²) in [4.78, 5) is 10.5. The van der Waals surface area contributed by atoms with Gasteiger partial charge in [-0.25, -0.2) is 0 Å². The number of nitro groups is 1. The number of aromatic hydroxyl groups is 1. The highest BCUT2D eigenvalue weighted by molar-refractivity contribution is 5.71. The lowest BCUT2D eigenvalue weighted by molar-refractivity contribution is -0.385. The molecule has 0 heterocycles. The summed E-state index contributed by atoms with van der Waals surface area (Å²) in [6.07, 6.45) is 4.45. The molecule has 4 heteroatoms. The zero-order chi connectivity index (χ0) is 16.1. The fraction of sp³-hybridized carbons (Fsp3) is 0.111. The van der Waals surface area contributed by atoms with Crippen LogP contribution in [-0.2, 0) is 12.8 Å². The van der Waals surface area contributed by atoms with E-state index in [2.05, 4.69) is 19.2 Å². The number of nitrogens with zero attached hydrogens (tertiary/aromatic N) is 1. The predicted octanol–water partition coefficient (Wildman–Crippen LogP) is 4.22. The Balaban J connectivity index is 2.59. The molecular formula is C18H16NO3. The van der Waals surface area contributed by atoms with Gasteiger partial charge in [-0.2, -0.15) is 0 Å². The van der Waals surface area contributed by atoms with E-state index in [1.807, 2.05) is 12.1 Å². The summed E-state index contributed by atoms with van der Waals surface area (Å²) in [6, 6.07) is 11.8. The minimum Gasteiger partial charge on any atom is -0.502 e. The first-order chi connectivity index (χ1) is 10.6. The standard InChI is InChI=1S/C18H16NO3/c1-3-6-13-8-5-9-14(10-13)16-11-15(7-4-2)18(20)17(12-16)19(21)22/h3-5,8,10-12,20H,1-2,6-7H2. The molecule has 0 amide bonds. The Morgan fingerprint density at radius 3 is 2.59 bits per heavy atom. The van der Waals surface area contributed by atoms with E-state index in [4.69, 9.17) is 0 Å². The van der Waals surface area contributed by atoms with Crippen LogP contribution >= 0.6 is 0 Å². The van der Waals surface area contributed by atoms with Crippen molar-refractivity contribution in [2.24, 2.45) is 0 Å². The van der Waals surface area contributed by atoms with Crippen LogP contribution in [0.4, 0.5) is 5.69 Å². The van der Waals surface area contributed by atoms with Crippen LogP contribution in [0.15, 0.2) is 55.6 Å². The smallest absolute Gasteiger partial charge is 0.311 e. The van der Waals surface area contributed by atoms with Gasteiger partial charge in [0.1, 0.15) is 0 Å². The maximum atomic E-state index is 11.1. The number of phenols is 1. The molecule has 0 spiro atoms. The zero-order valence-corrected chi connectivity index (χ0v) is 12.1. The Bertz CT molecular complexity index is 735. The van der Waals surface area contributed by atoms with E-state index in [0.29, 0.717) is 24.0 Å². The molecule has 0 atom stereocenters. The highest BCUT2D eigenvalue weighted by Gasteiger charge is 2.19. The Morgan fingerprint density at radius 1 is 1.23 bits per heavy atom. The van der Waals surface area contributed by atoms with Crippen LogP contribution in [0, 0.1) is 16.2 Å². The number of hydrogen-bond acceptors (Lipinski definition) is 3. The van der Waals surface area contributed by atoms with Gasteiger partial charge in [-0.15, -0.1) is 13.2 Å². The fourth-order valence-corrected chi connectivity index (χ4v) is 2.26. The molecule has 4 nitrogen and oxygen atoms in total. The molecule has 0 aliphatic rings. The Morgan fingerprint density at radius 2 is 1.95 bits per heavy atom. The Kier molecular flexibility index (Phi) is 4.73. The molecule has 111 valence electrons. The van der Waals surface area contributed by atoms with Crippen LogP contribution in [-0.4, -0.2) is 10.0 Å². The molecule has 0 saturated carbocycles. The zero-order valence-electron chi connectivity index (χ0n) is 12.1. The van der Waals surface area contributed by atoms with Crippen LogP contribution < -0.4 is 0 Å². The van der Waals surface area contributed by atoms with Gasteiger partial charge in [0, 0.05) is 11.6 Å². The van der Waals surface area contributed by atoms with Crippen molar-refractivity contribution in [3.8, 4) is 16.9 Å². The van der Waals surface area contributed by atoms with E-state index in [1.54, 1.807) is 24.3 Å². The fourth-order valence-electron chi connectivity index (χ4n) is 2.26. The van der Waals surface area contributed by atoms with E-state index in [9.17, 15) is 15.2 Å². The Hall–Kier alpha value is -2.88. The van der Waals surface area contributed by atoms with Crippen molar-refractivity contribution in [3.63, 3.8) is 0 Å². The van der Waals surface area contributed by atoms with E-state index < -0.39 is 4.92 Å². The summed E-state index contributed by atoms with van der Waals surface area (Å²) in [6.45, 7) is 7.31. The molecular weight excluding hydrogens is 278 g/mol. The second-order valence-corrected chi connectivity index (χ2v) is 4.86. The number of benzene rings is 2. The quantitative estimate of drug-likeness (QED) is 0.493. The van der Waals surface area contributed by atoms with E-state index >= 15 is 0 Å². The minimum absolute atomic E-state index is 0.308. The van der Waals surface area contributed by atoms with Crippen LogP contribution in [0.3, 0.4) is 0 Å². The molecule has 0 saturated heterocycles. The molecule has 0 aliphatic heterocycles. The third-order valence-corrected chi connectivity index (χ3v) is 3.29. The summed E-state index contributed by atoms with van der Waals surface area (Å²) in [7, 11) is 0. The Labute approximate surface area is 129 Å². The second kappa shape index (κ2) is 6.72. The maximum absolute atomic E-state index is 11.1. The van der Waals surface area contributed by atoms with Gasteiger partial charge in [-0.1, -0.05) is 30.4 Å². The molecule has 0 aromatic heterocycles. The second-order valence-electron chi connectivity index (χ2n) is 4.86. The molecule has 22 heavy (non-hydrogen) atoms. The van der Waals surface area contributed by atoms with Gasteiger partial charge >= 0.3 is 5.69 Å². The SMILES string of the molecule is C=CCc1cc[c]c(-c2cc(CC=C)c(O)c([N+](=O)[O-])c2)c1. The van der Waals surface area contributed by atoms with Crippen molar-refractivity contribution in [3.05, 3.63) is 82.9 Å². The molecule has 2 rings (SSSR count). The van der Waals surface area contributed by atoms with Crippen molar-refractivity contribution in [2.75, 3.05) is 0 Å². The highest BCUT2D eigenvalue weighted by atomic mass is 16.6. The number of nitro benzene ring substituents is 1. The lowest BCUT2D eigenvalue weighted by Crippen LogP contribution is -1.94. The number of rotatable bonds is 6. The maximum Gasteiger partial charge on any atom is 0.311 e. The van der Waals surface area contributed by atoms with Crippen LogP contribution in [0.25, 0.3) is 11.1 Å². The minimum atomic E-state index is -0.584. The molecule has 0 unspecified atom stereocenters. The van der Waals surface area contributed by atoms with Crippen molar-refractivity contribution in [2.45, 2.75) is 12.8 Å². The number of hydrogen-bond donors (Lipinski definition) is 1. The third-order valence-electron chi connectivity index (χ3n) is 3.29. The van der Waals surface area contributed by atoms with E-state index in [0.717, 1.165) is 11.1 Å². The predicted molar refractivity (Wildman–Crippen MR) is 86.8 cm³/mol. The number of allylic oxidation sites excluding steroid dienone is 2. The van der Waals surface area contributed by atoms with E-state index in [-0.39, 0.29) is 11.4 Å². The highest BCUT2D eigenvalue weighted by Crippen LogP contribution is 2.35. The third kappa shape index (κ3) is 3.23. The topological polar surface area (TPSA) is 63.4 Å². The summed E-state index contributed by atoms with van der Waals surface area (Å²) >= 11 is 0. The summed E-state index contributed by atoms with van der Waals surface area (Å²) < 4.78 is 0. The molecule has 2 aromatic carbocycles. The monoisotopic (exact) mass is 294 g/mol. The van der Waals surface area contributed by atoms with Gasteiger partial charge in [0.05, 0.1) is 4.92 Å². The van der Waals surface area contributed by atoms with E-state index in [1.165, 1.54) is 6.07 Å². The molecule has 0 aliphatic carbocycles. The molecule has 2 aromatic rings. The van der Waals surface area contributed by atoms with Gasteiger partial charge in [0.15, 0.2) is 5.75 Å². The lowest BCUT2D eigenvalue weighted by atomic mass is 9.97. The van der Waals surface area contributed by atoms with Gasteiger partial charge in [-0.3, -0.25) is 10.1 Å². The summed E-state index contributed by atoms with van der Waals surface area (Å²) in [5.74, 6) is -0.309. The first kappa shape index (κ1) is 15.5. The van der Waals surface area contributed by atoms with Crippen molar-refractivity contribution >= 4 is 5.69 Å². The molecule has 0 fully saturated rings. The lowest BCUT2D eigenvalue weighted by Gasteiger charge is -2.08. The molecule has 0 bridgehead atoms. The van der Waals surface area contributed by atoms with Crippen molar-refractivity contribution in [1.29, 1.82) is 0 Å². The molecule has 1 N–H and O–H groups in total. The summed E-state index contributed by atoms with van der Waals surface area (Å²) in [5, 5.41) is 21.1. The van der Waals surface area contributed by atoms with Gasteiger partial charge < -0.3 is 5.11 Å². The van der Waals surface area contributed by atoms with Crippen LogP contribution in [0.5, 0.6) is 5.75 Å². The first-order valence-corrected chi connectivity index (χ1v) is 6.80. The normalized spacial score (nSPS) is 10.2. The van der Waals surface area contributed by atoms with Gasteiger partial charge in [0.2, 0.25) is 0 Å². The van der Waals surface area contributed by atoms with Gasteiger partial charge in [-0.05, 0) is 41.7 Å². The average Bonchev–Trinajstić information content (AvgIpc) is 2.50. The average molecular weight is 294 g/mol. The van der Waals surface area contributed by atoms with Crippen LogP contribution in [0.1, 0.15) is 11.1 Å². The number of phenolic OH excluding ortho intramolecular Hbond substituents is 1. The molecule has 1 radical (unpaired) electrons. The summed E-state index contributed by atoms with van der Waals surface area (Å²) in [5.41, 5.74) is 2.60. The first-order valence-electron chi connectivity index (χ1n) is 6.80. The largest absolute Gasteiger partial charge is 0.502 e. The van der Waals surface area contributed by atoms with Crippen molar-refractivity contribution in [1.82, 2.24) is 0 Å². The van der Waals surface area contributed by atoms with Crippen molar-refractivity contribution < 1.29 is 10.0 Å². The van der Waals surface area contributed by atoms with Crippen LogP contribution in [0.2, 0.25) is 0 Å². The van der Waals surface area contributed by atoms with Gasteiger partial charge in [0.25, 0.3) is 0 Å².